The summed E-state index contributed by atoms with van der Waals surface area (Å²) in [6, 6.07) is 18.6. The van der Waals surface area contributed by atoms with Crippen LogP contribution < -0.4 is 15.4 Å². The molecule has 2 aromatic heterocycles. The largest absolute Gasteiger partial charge is 0.457 e. The fourth-order valence-corrected chi connectivity index (χ4v) is 2.65. The first kappa shape index (κ1) is 17.4. The van der Waals surface area contributed by atoms with Crippen LogP contribution in [0.3, 0.4) is 0 Å². The summed E-state index contributed by atoms with van der Waals surface area (Å²) >= 11 is 0. The third-order valence-electron chi connectivity index (χ3n) is 4.01. The summed E-state index contributed by atoms with van der Waals surface area (Å²) in [4.78, 5) is 24.6. The summed E-state index contributed by atoms with van der Waals surface area (Å²) < 4.78 is 5.86. The van der Waals surface area contributed by atoms with Gasteiger partial charge in [0.15, 0.2) is 0 Å². The van der Waals surface area contributed by atoms with Gasteiger partial charge < -0.3 is 15.4 Å². The Morgan fingerprint density at radius 1 is 0.964 bits per heavy atom. The highest BCUT2D eigenvalue weighted by Crippen LogP contribution is 2.25. The predicted molar refractivity (Wildman–Crippen MR) is 107 cm³/mol. The van der Waals surface area contributed by atoms with Crippen molar-refractivity contribution in [2.45, 2.75) is 0 Å². The highest BCUT2D eigenvalue weighted by molar-refractivity contribution is 5.92. The van der Waals surface area contributed by atoms with Gasteiger partial charge in [-0.2, -0.15) is 0 Å². The lowest BCUT2D eigenvalue weighted by molar-refractivity contribution is 0.0958. The van der Waals surface area contributed by atoms with Crippen molar-refractivity contribution in [1.29, 1.82) is 0 Å². The molecule has 0 radical (unpaired) electrons. The number of carbonyl (C=O) groups is 1. The van der Waals surface area contributed by atoms with Crippen LogP contribution in [0.1, 0.15) is 10.5 Å². The summed E-state index contributed by atoms with van der Waals surface area (Å²) in [6.07, 6.45) is 3.27. The predicted octanol–water partition coefficient (Wildman–Crippen LogP) is 3.92. The number of nitrogens with zero attached hydrogens (tertiary/aromatic N) is 3. The average molecular weight is 371 g/mol. The van der Waals surface area contributed by atoms with Crippen molar-refractivity contribution in [3.63, 3.8) is 0 Å². The van der Waals surface area contributed by atoms with Crippen LogP contribution in [-0.2, 0) is 0 Å². The molecule has 1 amide bonds. The molecule has 2 heterocycles. The molecule has 0 bridgehead atoms. The molecule has 0 fully saturated rings. The zero-order valence-corrected chi connectivity index (χ0v) is 15.1. The van der Waals surface area contributed by atoms with Crippen LogP contribution in [0.5, 0.6) is 11.5 Å². The van der Waals surface area contributed by atoms with E-state index in [1.54, 1.807) is 25.4 Å². The van der Waals surface area contributed by atoms with Crippen molar-refractivity contribution in [1.82, 2.24) is 20.3 Å². The second-order valence-corrected chi connectivity index (χ2v) is 5.96. The van der Waals surface area contributed by atoms with Gasteiger partial charge in [0.2, 0.25) is 5.95 Å². The number of nitrogens with one attached hydrogen (secondary N) is 2. The average Bonchev–Trinajstić information content (AvgIpc) is 2.74. The summed E-state index contributed by atoms with van der Waals surface area (Å²) in [5.41, 5.74) is 2.01. The van der Waals surface area contributed by atoms with Gasteiger partial charge in [-0.15, -0.1) is 0 Å². The second-order valence-electron chi connectivity index (χ2n) is 5.96. The fourth-order valence-electron chi connectivity index (χ4n) is 2.65. The van der Waals surface area contributed by atoms with E-state index in [9.17, 15) is 4.79 Å². The van der Waals surface area contributed by atoms with E-state index in [1.165, 1.54) is 6.20 Å². The topological polar surface area (TPSA) is 89.0 Å². The molecule has 7 heteroatoms. The van der Waals surface area contributed by atoms with Crippen molar-refractivity contribution >= 4 is 28.4 Å². The molecule has 4 aromatic rings. The number of amides is 1. The number of para-hydroxylation sites is 1. The standard InChI is InChI=1S/C21H17N5O2/c1-22-20(27)19-12-17(9-10-23-19)28-16-7-8-18-14(11-16)13-24-21(26-18)25-15-5-3-2-4-6-15/h2-13H,1H3,(H,22,27)(H,24,25,26). The summed E-state index contributed by atoms with van der Waals surface area (Å²) in [5.74, 6) is 1.40. The lowest BCUT2D eigenvalue weighted by atomic mass is 10.2. The number of ether oxygens (including phenoxy) is 1. The summed E-state index contributed by atoms with van der Waals surface area (Å²) in [5, 5.41) is 6.56. The van der Waals surface area contributed by atoms with Crippen LogP contribution in [-0.4, -0.2) is 27.9 Å². The molecule has 28 heavy (non-hydrogen) atoms. The highest BCUT2D eigenvalue weighted by Gasteiger charge is 2.08. The van der Waals surface area contributed by atoms with Gasteiger partial charge in [0.25, 0.3) is 5.91 Å². The second kappa shape index (κ2) is 7.71. The molecule has 2 aromatic carbocycles. The number of anilines is 2. The minimum Gasteiger partial charge on any atom is -0.457 e. The molecular weight excluding hydrogens is 354 g/mol. The number of rotatable bonds is 5. The number of hydrogen-bond donors (Lipinski definition) is 2. The molecule has 0 aliphatic carbocycles. The maximum atomic E-state index is 11.7. The van der Waals surface area contributed by atoms with Crippen LogP contribution in [0, 0.1) is 0 Å². The lowest BCUT2D eigenvalue weighted by Crippen LogP contribution is -2.18. The van der Waals surface area contributed by atoms with Gasteiger partial charge >= 0.3 is 0 Å². The van der Waals surface area contributed by atoms with E-state index in [-0.39, 0.29) is 5.91 Å². The Balaban J connectivity index is 1.55. The van der Waals surface area contributed by atoms with Crippen molar-refractivity contribution in [2.75, 3.05) is 12.4 Å². The van der Waals surface area contributed by atoms with Crippen LogP contribution >= 0.6 is 0 Å². The van der Waals surface area contributed by atoms with Crippen molar-refractivity contribution in [3.05, 3.63) is 78.8 Å². The third-order valence-corrected chi connectivity index (χ3v) is 4.01. The molecule has 0 atom stereocenters. The molecular formula is C21H17N5O2. The first-order valence-corrected chi connectivity index (χ1v) is 8.66. The fraction of sp³-hybridized carbons (Fsp3) is 0.0476. The molecule has 138 valence electrons. The maximum Gasteiger partial charge on any atom is 0.269 e. The number of carbonyl (C=O) groups excluding carboxylic acids is 1. The Bertz CT molecular complexity index is 1130. The van der Waals surface area contributed by atoms with Gasteiger partial charge in [0, 0.05) is 36.6 Å². The van der Waals surface area contributed by atoms with Crippen molar-refractivity contribution in [2.24, 2.45) is 0 Å². The van der Waals surface area contributed by atoms with Crippen molar-refractivity contribution < 1.29 is 9.53 Å². The van der Waals surface area contributed by atoms with Crippen LogP contribution in [0.15, 0.2) is 73.1 Å². The molecule has 0 saturated carbocycles. The van der Waals surface area contributed by atoms with E-state index in [2.05, 4.69) is 25.6 Å². The van der Waals surface area contributed by atoms with E-state index in [4.69, 9.17) is 4.74 Å². The van der Waals surface area contributed by atoms with E-state index < -0.39 is 0 Å². The van der Waals surface area contributed by atoms with E-state index in [0.29, 0.717) is 23.1 Å². The molecule has 7 nitrogen and oxygen atoms in total. The van der Waals surface area contributed by atoms with Gasteiger partial charge in [-0.3, -0.25) is 9.78 Å². The van der Waals surface area contributed by atoms with E-state index in [0.717, 1.165) is 16.6 Å². The minimum atomic E-state index is -0.268. The Hall–Kier alpha value is -4.00. The van der Waals surface area contributed by atoms with Gasteiger partial charge in [-0.05, 0) is 36.4 Å². The van der Waals surface area contributed by atoms with E-state index >= 15 is 0 Å². The maximum absolute atomic E-state index is 11.7. The molecule has 2 N–H and O–H groups in total. The van der Waals surface area contributed by atoms with Gasteiger partial charge in [-0.1, -0.05) is 18.2 Å². The number of fused-ring (bicyclic) bond motifs is 1. The monoisotopic (exact) mass is 371 g/mol. The quantitative estimate of drug-likeness (QED) is 0.553. The zero-order chi connectivity index (χ0) is 19.3. The Kier molecular flexibility index (Phi) is 4.79. The molecule has 0 aliphatic heterocycles. The molecule has 0 spiro atoms. The zero-order valence-electron chi connectivity index (χ0n) is 15.1. The molecule has 0 aliphatic rings. The van der Waals surface area contributed by atoms with Crippen molar-refractivity contribution in [3.8, 4) is 11.5 Å². The Morgan fingerprint density at radius 3 is 2.61 bits per heavy atom. The number of aromatic nitrogens is 3. The number of pyridine rings is 1. The van der Waals surface area contributed by atoms with Crippen LogP contribution in [0.2, 0.25) is 0 Å². The van der Waals surface area contributed by atoms with Gasteiger partial charge in [-0.25, -0.2) is 9.97 Å². The van der Waals surface area contributed by atoms with E-state index in [1.807, 2.05) is 48.5 Å². The lowest BCUT2D eigenvalue weighted by Gasteiger charge is -2.09. The minimum absolute atomic E-state index is 0.268. The molecule has 4 rings (SSSR count). The first-order valence-electron chi connectivity index (χ1n) is 8.66. The number of benzene rings is 2. The highest BCUT2D eigenvalue weighted by atomic mass is 16.5. The van der Waals surface area contributed by atoms with Crippen LogP contribution in [0.4, 0.5) is 11.6 Å². The Morgan fingerprint density at radius 2 is 1.79 bits per heavy atom. The Labute approximate surface area is 161 Å². The first-order chi connectivity index (χ1) is 13.7. The normalized spacial score (nSPS) is 10.5. The SMILES string of the molecule is CNC(=O)c1cc(Oc2ccc3nc(Nc4ccccc4)ncc3c2)ccn1. The third kappa shape index (κ3) is 3.88. The summed E-state index contributed by atoms with van der Waals surface area (Å²) in [7, 11) is 1.56. The number of hydrogen-bond acceptors (Lipinski definition) is 6. The van der Waals surface area contributed by atoms with Gasteiger partial charge in [0.1, 0.15) is 17.2 Å². The molecule has 0 unspecified atom stereocenters. The van der Waals surface area contributed by atoms with Crippen LogP contribution in [0.25, 0.3) is 10.9 Å². The smallest absolute Gasteiger partial charge is 0.269 e. The van der Waals surface area contributed by atoms with Gasteiger partial charge in [0.05, 0.1) is 5.52 Å². The molecule has 0 saturated heterocycles. The summed E-state index contributed by atoms with van der Waals surface area (Å²) in [6.45, 7) is 0.